The molecular weight excluding hydrogens is 304 g/mol. The highest BCUT2D eigenvalue weighted by Gasteiger charge is 2.29. The normalized spacial score (nSPS) is 20.3. The van der Waals surface area contributed by atoms with Crippen LogP contribution in [0.15, 0.2) is 6.20 Å². The second-order valence-electron chi connectivity index (χ2n) is 6.92. The van der Waals surface area contributed by atoms with Gasteiger partial charge >= 0.3 is 0 Å². The monoisotopic (exact) mass is 332 g/mol. The van der Waals surface area contributed by atoms with Crippen molar-refractivity contribution >= 4 is 11.8 Å². The summed E-state index contributed by atoms with van der Waals surface area (Å²) in [6.07, 6.45) is 7.16. The molecule has 0 bridgehead atoms. The molecule has 6 heteroatoms. The van der Waals surface area contributed by atoms with Gasteiger partial charge in [0.15, 0.2) is 0 Å². The fraction of sp³-hybridized carbons (Fsp3) is 0.722. The maximum absolute atomic E-state index is 12.4. The summed E-state index contributed by atoms with van der Waals surface area (Å²) in [5.74, 6) is 1.30. The summed E-state index contributed by atoms with van der Waals surface area (Å²) in [6.45, 7) is 7.39. The Bertz CT molecular complexity index is 604. The first-order valence-corrected chi connectivity index (χ1v) is 9.23. The average Bonchev–Trinajstić information content (AvgIpc) is 3.22. The highest BCUT2D eigenvalue weighted by Crippen LogP contribution is 2.26. The lowest BCUT2D eigenvalue weighted by atomic mass is 10.1. The first-order valence-electron chi connectivity index (χ1n) is 9.23. The molecule has 2 aliphatic heterocycles. The van der Waals surface area contributed by atoms with Crippen LogP contribution in [0, 0.1) is 0 Å². The van der Waals surface area contributed by atoms with E-state index in [2.05, 4.69) is 16.5 Å². The van der Waals surface area contributed by atoms with Gasteiger partial charge in [-0.15, -0.1) is 0 Å². The number of fused-ring (bicyclic) bond motifs is 1. The fourth-order valence-corrected chi connectivity index (χ4v) is 3.68. The van der Waals surface area contributed by atoms with Crippen LogP contribution in [-0.2, 0) is 22.6 Å². The quantitative estimate of drug-likeness (QED) is 0.830. The van der Waals surface area contributed by atoms with Crippen LogP contribution in [-0.4, -0.2) is 50.8 Å². The summed E-state index contributed by atoms with van der Waals surface area (Å²) >= 11 is 0. The predicted octanol–water partition coefficient (Wildman–Crippen LogP) is 2.14. The van der Waals surface area contributed by atoms with Crippen LogP contribution in [0.5, 0.6) is 0 Å². The van der Waals surface area contributed by atoms with E-state index in [1.165, 1.54) is 0 Å². The van der Waals surface area contributed by atoms with Gasteiger partial charge in [0.25, 0.3) is 0 Å². The molecule has 0 aliphatic carbocycles. The number of carbonyl (C=O) groups is 2. The van der Waals surface area contributed by atoms with Crippen LogP contribution < -0.4 is 0 Å². The molecule has 132 valence electrons. The van der Waals surface area contributed by atoms with Crippen molar-refractivity contribution in [2.75, 3.05) is 19.6 Å². The van der Waals surface area contributed by atoms with E-state index in [0.29, 0.717) is 12.8 Å². The minimum atomic E-state index is -0.0151. The van der Waals surface area contributed by atoms with Gasteiger partial charge in [-0.3, -0.25) is 9.59 Å². The lowest BCUT2D eigenvalue weighted by molar-refractivity contribution is -0.134. The molecule has 2 amide bonds. The largest absolute Gasteiger partial charge is 0.342 e. The number of likely N-dealkylation sites (tertiary alicyclic amines) is 1. The third kappa shape index (κ3) is 3.47. The highest BCUT2D eigenvalue weighted by molar-refractivity contribution is 5.78. The van der Waals surface area contributed by atoms with Gasteiger partial charge in [-0.25, -0.2) is 4.98 Å². The van der Waals surface area contributed by atoms with E-state index in [-0.39, 0.29) is 17.9 Å². The highest BCUT2D eigenvalue weighted by atomic mass is 16.2. The zero-order valence-electron chi connectivity index (χ0n) is 14.8. The van der Waals surface area contributed by atoms with Gasteiger partial charge in [0.2, 0.25) is 11.8 Å². The van der Waals surface area contributed by atoms with Crippen molar-refractivity contribution in [2.24, 2.45) is 0 Å². The average molecular weight is 332 g/mol. The molecule has 1 fully saturated rings. The number of aromatic nitrogens is 2. The summed E-state index contributed by atoms with van der Waals surface area (Å²) in [7, 11) is 0. The third-order valence-electron chi connectivity index (χ3n) is 5.14. The summed E-state index contributed by atoms with van der Waals surface area (Å²) in [6, 6.07) is -0.0151. The van der Waals surface area contributed by atoms with Crippen molar-refractivity contribution in [1.29, 1.82) is 0 Å². The maximum Gasteiger partial charge on any atom is 0.228 e. The Balaban J connectivity index is 1.66. The summed E-state index contributed by atoms with van der Waals surface area (Å²) in [5.41, 5.74) is 0.830. The van der Waals surface area contributed by atoms with Gasteiger partial charge < -0.3 is 14.4 Å². The lowest BCUT2D eigenvalue weighted by Gasteiger charge is -2.33. The molecule has 3 heterocycles. The number of unbranched alkanes of at least 4 members (excludes halogenated alkanes) is 1. The smallest absolute Gasteiger partial charge is 0.228 e. The van der Waals surface area contributed by atoms with Gasteiger partial charge in [0, 0.05) is 38.8 Å². The second-order valence-corrected chi connectivity index (χ2v) is 6.92. The van der Waals surface area contributed by atoms with Crippen molar-refractivity contribution in [3.63, 3.8) is 0 Å². The van der Waals surface area contributed by atoms with E-state index >= 15 is 0 Å². The lowest BCUT2D eigenvalue weighted by Crippen LogP contribution is -2.41. The van der Waals surface area contributed by atoms with E-state index < -0.39 is 0 Å². The zero-order valence-corrected chi connectivity index (χ0v) is 14.8. The van der Waals surface area contributed by atoms with E-state index in [0.717, 1.165) is 63.4 Å². The molecule has 24 heavy (non-hydrogen) atoms. The molecule has 0 unspecified atom stereocenters. The minimum absolute atomic E-state index is 0.0151. The van der Waals surface area contributed by atoms with Gasteiger partial charge in [0.05, 0.1) is 18.2 Å². The molecule has 0 N–H and O–H groups in total. The Hall–Kier alpha value is -1.85. The van der Waals surface area contributed by atoms with Crippen LogP contribution in [0.1, 0.15) is 63.5 Å². The van der Waals surface area contributed by atoms with E-state index in [1.54, 1.807) is 0 Å². The molecule has 1 saturated heterocycles. The Morgan fingerprint density at radius 1 is 1.17 bits per heavy atom. The number of imidazole rings is 1. The van der Waals surface area contributed by atoms with E-state index in [9.17, 15) is 9.59 Å². The summed E-state index contributed by atoms with van der Waals surface area (Å²) in [5, 5.41) is 0. The topological polar surface area (TPSA) is 58.4 Å². The van der Waals surface area contributed by atoms with Crippen molar-refractivity contribution < 1.29 is 9.59 Å². The molecule has 2 aliphatic rings. The predicted molar refractivity (Wildman–Crippen MR) is 91.4 cm³/mol. The molecule has 0 aromatic carbocycles. The molecular formula is C18H28N4O2. The SMILES string of the molecule is CCCCC(=O)N1CCn2cc(CC(=O)N3CCCC3)nc2[C@@H]1C. The molecule has 0 spiro atoms. The van der Waals surface area contributed by atoms with Crippen molar-refractivity contribution in [3.8, 4) is 0 Å². The van der Waals surface area contributed by atoms with Gasteiger partial charge in [0.1, 0.15) is 5.82 Å². The summed E-state index contributed by atoms with van der Waals surface area (Å²) < 4.78 is 2.11. The number of nitrogens with zero attached hydrogens (tertiary/aromatic N) is 4. The Morgan fingerprint density at radius 3 is 2.62 bits per heavy atom. The van der Waals surface area contributed by atoms with Gasteiger partial charge in [-0.1, -0.05) is 13.3 Å². The second kappa shape index (κ2) is 7.36. The number of hydrogen-bond acceptors (Lipinski definition) is 3. The molecule has 3 rings (SSSR count). The molecule has 1 atom stereocenters. The molecule has 1 aromatic heterocycles. The molecule has 0 radical (unpaired) electrons. The van der Waals surface area contributed by atoms with Crippen LogP contribution >= 0.6 is 0 Å². The molecule has 1 aromatic rings. The number of hydrogen-bond donors (Lipinski definition) is 0. The first-order chi connectivity index (χ1) is 11.6. The van der Waals surface area contributed by atoms with Crippen molar-refractivity contribution in [3.05, 3.63) is 17.7 Å². The Morgan fingerprint density at radius 2 is 1.92 bits per heavy atom. The third-order valence-corrected chi connectivity index (χ3v) is 5.14. The number of carbonyl (C=O) groups excluding carboxylic acids is 2. The standard InChI is InChI=1S/C18H28N4O2/c1-3-4-7-16(23)22-11-10-21-13-15(19-18(21)14(22)2)12-17(24)20-8-5-6-9-20/h13-14H,3-12H2,1-2H3/t14-/m0/s1. The van der Waals surface area contributed by atoms with Crippen molar-refractivity contribution in [2.45, 2.75) is 65.0 Å². The maximum atomic E-state index is 12.4. The van der Waals surface area contributed by atoms with Gasteiger partial charge in [-0.2, -0.15) is 0 Å². The summed E-state index contributed by atoms with van der Waals surface area (Å²) in [4.78, 5) is 33.2. The van der Waals surface area contributed by atoms with Gasteiger partial charge in [-0.05, 0) is 26.2 Å². The first kappa shape index (κ1) is 17.0. The van der Waals surface area contributed by atoms with Crippen LogP contribution in [0.25, 0.3) is 0 Å². The fourth-order valence-electron chi connectivity index (χ4n) is 3.68. The number of rotatable bonds is 5. The number of amides is 2. The Labute approximate surface area is 143 Å². The minimum Gasteiger partial charge on any atom is -0.342 e. The van der Waals surface area contributed by atoms with E-state index in [4.69, 9.17) is 0 Å². The Kier molecular flexibility index (Phi) is 5.21. The van der Waals surface area contributed by atoms with Crippen LogP contribution in [0.2, 0.25) is 0 Å². The zero-order chi connectivity index (χ0) is 17.1. The molecule has 6 nitrogen and oxygen atoms in total. The molecule has 0 saturated carbocycles. The van der Waals surface area contributed by atoms with Crippen LogP contribution in [0.4, 0.5) is 0 Å². The van der Waals surface area contributed by atoms with Crippen molar-refractivity contribution in [1.82, 2.24) is 19.4 Å². The van der Waals surface area contributed by atoms with E-state index in [1.807, 2.05) is 22.9 Å². The van der Waals surface area contributed by atoms with Crippen LogP contribution in [0.3, 0.4) is 0 Å².